The van der Waals surface area contributed by atoms with Crippen molar-refractivity contribution in [2.24, 2.45) is 4.99 Å². The first-order valence-electron chi connectivity index (χ1n) is 10.3. The number of nitrogens with zero attached hydrogens (tertiary/aromatic N) is 2. The van der Waals surface area contributed by atoms with Gasteiger partial charge < -0.3 is 15.7 Å². The summed E-state index contributed by atoms with van der Waals surface area (Å²) in [5, 5.41) is 16.5. The Balaban J connectivity index is 0.00000300. The predicted molar refractivity (Wildman–Crippen MR) is 131 cm³/mol. The van der Waals surface area contributed by atoms with Crippen LogP contribution in [-0.4, -0.2) is 55.3 Å². The second-order valence-corrected chi connectivity index (χ2v) is 7.23. The fourth-order valence-corrected chi connectivity index (χ4v) is 3.61. The second-order valence-electron chi connectivity index (χ2n) is 7.23. The highest BCUT2D eigenvalue weighted by atomic mass is 127. The molecule has 0 fully saturated rings. The number of aliphatic hydroxyl groups excluding tert-OH is 1. The topological polar surface area (TPSA) is 59.9 Å². The van der Waals surface area contributed by atoms with Gasteiger partial charge in [0.1, 0.15) is 0 Å². The van der Waals surface area contributed by atoms with Gasteiger partial charge in [-0.3, -0.25) is 9.89 Å². The van der Waals surface area contributed by atoms with E-state index >= 15 is 0 Å². The minimum absolute atomic E-state index is 0. The Morgan fingerprint density at radius 3 is 2.52 bits per heavy atom. The van der Waals surface area contributed by atoms with Gasteiger partial charge in [0.15, 0.2) is 5.96 Å². The van der Waals surface area contributed by atoms with E-state index in [2.05, 4.69) is 46.7 Å². The molecule has 29 heavy (non-hydrogen) atoms. The third-order valence-corrected chi connectivity index (χ3v) is 5.24. The van der Waals surface area contributed by atoms with Crippen molar-refractivity contribution < 1.29 is 5.11 Å². The van der Waals surface area contributed by atoms with E-state index in [4.69, 9.17) is 4.99 Å². The van der Waals surface area contributed by atoms with Crippen LogP contribution in [0.5, 0.6) is 0 Å². The summed E-state index contributed by atoms with van der Waals surface area (Å²) in [7, 11) is 0. The van der Waals surface area contributed by atoms with Gasteiger partial charge in [0.2, 0.25) is 0 Å². The lowest BCUT2D eigenvalue weighted by molar-refractivity contribution is 0.258. The Hall–Kier alpha value is -1.64. The minimum Gasteiger partial charge on any atom is -0.396 e. The molecule has 0 spiro atoms. The van der Waals surface area contributed by atoms with Crippen LogP contribution in [0.2, 0.25) is 0 Å². The van der Waals surface area contributed by atoms with E-state index in [1.165, 1.54) is 11.1 Å². The third-order valence-electron chi connectivity index (χ3n) is 5.24. The molecule has 0 aliphatic carbocycles. The zero-order chi connectivity index (χ0) is 19.6. The number of hydrogen-bond acceptors (Lipinski definition) is 3. The number of aliphatic hydroxyl groups is 1. The standard InChI is InChI=1S/C23H32N4O.HI/c1-2-24-23(26-16-22(18-28)19-8-4-3-5-9-19)25-13-15-27-14-12-20-10-6-7-11-21(20)17-27;/h3-11,22,28H,2,12-18H2,1H3,(H2,24,25,26);1H. The van der Waals surface area contributed by atoms with Crippen LogP contribution in [0.1, 0.15) is 29.5 Å². The van der Waals surface area contributed by atoms with Crippen LogP contribution in [0.25, 0.3) is 0 Å². The van der Waals surface area contributed by atoms with Crippen molar-refractivity contribution in [2.45, 2.75) is 25.8 Å². The molecule has 2 aromatic carbocycles. The molecule has 0 saturated heterocycles. The van der Waals surface area contributed by atoms with Gasteiger partial charge in [0, 0.05) is 38.6 Å². The molecule has 0 amide bonds. The van der Waals surface area contributed by atoms with Crippen molar-refractivity contribution in [3.8, 4) is 0 Å². The molecule has 0 saturated carbocycles. The number of aliphatic imine (C=N–C) groups is 1. The largest absolute Gasteiger partial charge is 0.396 e. The second kappa shape index (κ2) is 12.8. The Bertz CT molecular complexity index is 754. The van der Waals surface area contributed by atoms with Gasteiger partial charge in [-0.15, -0.1) is 24.0 Å². The number of fused-ring (bicyclic) bond motifs is 1. The Morgan fingerprint density at radius 2 is 1.79 bits per heavy atom. The maximum absolute atomic E-state index is 9.73. The van der Waals surface area contributed by atoms with Crippen molar-refractivity contribution in [1.29, 1.82) is 0 Å². The maximum Gasteiger partial charge on any atom is 0.191 e. The van der Waals surface area contributed by atoms with Crippen molar-refractivity contribution in [3.63, 3.8) is 0 Å². The van der Waals surface area contributed by atoms with Gasteiger partial charge >= 0.3 is 0 Å². The van der Waals surface area contributed by atoms with E-state index in [-0.39, 0.29) is 36.5 Å². The fourth-order valence-electron chi connectivity index (χ4n) is 3.61. The summed E-state index contributed by atoms with van der Waals surface area (Å²) in [6.07, 6.45) is 1.12. The molecule has 1 unspecified atom stereocenters. The lowest BCUT2D eigenvalue weighted by atomic mass is 10.00. The molecule has 0 radical (unpaired) electrons. The normalized spacial score (nSPS) is 15.2. The highest BCUT2D eigenvalue weighted by molar-refractivity contribution is 14.0. The van der Waals surface area contributed by atoms with Crippen LogP contribution < -0.4 is 10.6 Å². The first kappa shape index (κ1) is 23.6. The first-order chi connectivity index (χ1) is 13.8. The SMILES string of the molecule is CCNC(=NCC(CO)c1ccccc1)NCCN1CCc2ccccc2C1.I. The maximum atomic E-state index is 9.73. The van der Waals surface area contributed by atoms with Crippen molar-refractivity contribution in [2.75, 3.05) is 39.3 Å². The molecule has 6 heteroatoms. The average molecular weight is 508 g/mol. The molecule has 3 rings (SSSR count). The van der Waals surface area contributed by atoms with Crippen LogP contribution in [0.4, 0.5) is 0 Å². The van der Waals surface area contributed by atoms with Gasteiger partial charge in [0.25, 0.3) is 0 Å². The van der Waals surface area contributed by atoms with Crippen molar-refractivity contribution in [3.05, 3.63) is 71.3 Å². The van der Waals surface area contributed by atoms with Crippen molar-refractivity contribution >= 4 is 29.9 Å². The fraction of sp³-hybridized carbons (Fsp3) is 0.435. The number of rotatable bonds is 8. The molecule has 158 valence electrons. The van der Waals surface area contributed by atoms with Gasteiger partial charge in [0.05, 0.1) is 13.2 Å². The molecule has 1 heterocycles. The van der Waals surface area contributed by atoms with Gasteiger partial charge in [-0.1, -0.05) is 54.6 Å². The summed E-state index contributed by atoms with van der Waals surface area (Å²) < 4.78 is 0. The van der Waals surface area contributed by atoms with Crippen LogP contribution in [0.3, 0.4) is 0 Å². The minimum atomic E-state index is 0. The predicted octanol–water partition coefficient (Wildman–Crippen LogP) is 2.99. The monoisotopic (exact) mass is 508 g/mol. The quantitative estimate of drug-likeness (QED) is 0.292. The molecular weight excluding hydrogens is 475 g/mol. The van der Waals surface area contributed by atoms with Gasteiger partial charge in [-0.25, -0.2) is 0 Å². The van der Waals surface area contributed by atoms with Crippen LogP contribution >= 0.6 is 24.0 Å². The molecule has 1 aliphatic heterocycles. The Morgan fingerprint density at radius 1 is 1.07 bits per heavy atom. The summed E-state index contributed by atoms with van der Waals surface area (Å²) in [6, 6.07) is 18.8. The van der Waals surface area contributed by atoms with Crippen LogP contribution in [-0.2, 0) is 13.0 Å². The summed E-state index contributed by atoms with van der Waals surface area (Å²) in [4.78, 5) is 7.18. The zero-order valence-electron chi connectivity index (χ0n) is 17.2. The van der Waals surface area contributed by atoms with E-state index in [0.717, 1.165) is 50.7 Å². The molecule has 0 aromatic heterocycles. The van der Waals surface area contributed by atoms with E-state index in [1.807, 2.05) is 30.3 Å². The lowest BCUT2D eigenvalue weighted by Crippen LogP contribution is -2.42. The smallest absolute Gasteiger partial charge is 0.191 e. The third kappa shape index (κ3) is 7.28. The van der Waals surface area contributed by atoms with E-state index in [0.29, 0.717) is 6.54 Å². The van der Waals surface area contributed by atoms with E-state index in [9.17, 15) is 5.11 Å². The molecule has 3 N–H and O–H groups in total. The zero-order valence-corrected chi connectivity index (χ0v) is 19.5. The van der Waals surface area contributed by atoms with E-state index < -0.39 is 0 Å². The number of benzene rings is 2. The molecular formula is C23H33IN4O. The summed E-state index contributed by atoms with van der Waals surface area (Å²) >= 11 is 0. The Kier molecular flexibility index (Phi) is 10.5. The molecule has 1 atom stereocenters. The summed E-state index contributed by atoms with van der Waals surface area (Å²) in [6.45, 7) is 7.51. The molecule has 1 aliphatic rings. The highest BCUT2D eigenvalue weighted by Gasteiger charge is 2.15. The van der Waals surface area contributed by atoms with Gasteiger partial charge in [-0.2, -0.15) is 0 Å². The molecule has 5 nitrogen and oxygen atoms in total. The van der Waals surface area contributed by atoms with Gasteiger partial charge in [-0.05, 0) is 30.0 Å². The highest BCUT2D eigenvalue weighted by Crippen LogP contribution is 2.18. The number of halogens is 1. The number of hydrogen-bond donors (Lipinski definition) is 3. The van der Waals surface area contributed by atoms with Crippen LogP contribution in [0.15, 0.2) is 59.6 Å². The molecule has 2 aromatic rings. The van der Waals surface area contributed by atoms with Crippen LogP contribution in [0, 0.1) is 0 Å². The Labute approximate surface area is 191 Å². The molecule has 0 bridgehead atoms. The first-order valence-corrected chi connectivity index (χ1v) is 10.3. The average Bonchev–Trinajstić information content (AvgIpc) is 2.75. The number of guanidine groups is 1. The summed E-state index contributed by atoms with van der Waals surface area (Å²) in [5.41, 5.74) is 4.05. The summed E-state index contributed by atoms with van der Waals surface area (Å²) in [5.74, 6) is 0.838. The van der Waals surface area contributed by atoms with Crippen molar-refractivity contribution in [1.82, 2.24) is 15.5 Å². The lowest BCUT2D eigenvalue weighted by Gasteiger charge is -2.28. The number of nitrogens with one attached hydrogen (secondary N) is 2. The van der Waals surface area contributed by atoms with E-state index in [1.54, 1.807) is 0 Å².